The van der Waals surface area contributed by atoms with Crippen LogP contribution in [0.3, 0.4) is 0 Å². The molecule has 5 nitrogen and oxygen atoms in total. The Morgan fingerprint density at radius 3 is 2.06 bits per heavy atom. The molecule has 1 N–H and O–H groups in total. The van der Waals surface area contributed by atoms with Crippen molar-refractivity contribution in [1.82, 2.24) is 19.4 Å². The second-order valence-corrected chi connectivity index (χ2v) is 10.4. The minimum Gasteiger partial charge on any atom is -0.390 e. The number of aliphatic hydroxyl groups is 1. The van der Waals surface area contributed by atoms with Crippen LogP contribution in [0.15, 0.2) is 69.9 Å². The maximum absolute atomic E-state index is 11.0. The van der Waals surface area contributed by atoms with Gasteiger partial charge >= 0.3 is 0 Å². The third-order valence-corrected chi connectivity index (χ3v) is 7.23. The normalized spacial score (nSPS) is 16.7. The zero-order chi connectivity index (χ0) is 22.1. The molecular formula is C25H26Br2N4O. The van der Waals surface area contributed by atoms with E-state index in [2.05, 4.69) is 93.7 Å². The average Bonchev–Trinajstić information content (AvgIpc) is 3.08. The molecule has 1 fully saturated rings. The van der Waals surface area contributed by atoms with Crippen LogP contribution in [0.25, 0.3) is 21.8 Å². The van der Waals surface area contributed by atoms with Crippen LogP contribution in [0.1, 0.15) is 5.56 Å². The van der Waals surface area contributed by atoms with Gasteiger partial charge < -0.3 is 9.67 Å². The summed E-state index contributed by atoms with van der Waals surface area (Å²) in [4.78, 5) is 9.06. The third kappa shape index (κ3) is 4.77. The number of pyridine rings is 1. The molecule has 0 saturated carbocycles. The van der Waals surface area contributed by atoms with Crippen LogP contribution < -0.4 is 0 Å². The minimum atomic E-state index is -0.425. The van der Waals surface area contributed by atoms with Crippen molar-refractivity contribution in [2.24, 2.45) is 0 Å². The van der Waals surface area contributed by atoms with Gasteiger partial charge in [0, 0.05) is 82.4 Å². The number of nitrogens with zero attached hydrogens (tertiary/aromatic N) is 4. The van der Waals surface area contributed by atoms with Gasteiger partial charge in [0.15, 0.2) is 0 Å². The lowest BCUT2D eigenvalue weighted by Gasteiger charge is -2.35. The van der Waals surface area contributed by atoms with Gasteiger partial charge in [-0.1, -0.05) is 37.9 Å². The fourth-order valence-corrected chi connectivity index (χ4v) is 5.41. The summed E-state index contributed by atoms with van der Waals surface area (Å²) in [6, 6.07) is 16.9. The Hall–Kier alpha value is -1.77. The summed E-state index contributed by atoms with van der Waals surface area (Å²) in [5.74, 6) is 0. The minimum absolute atomic E-state index is 0.425. The lowest BCUT2D eigenvalue weighted by Crippen LogP contribution is -2.48. The van der Waals surface area contributed by atoms with Gasteiger partial charge in [-0.25, -0.2) is 0 Å². The second kappa shape index (κ2) is 9.61. The number of β-amino-alcohol motifs (C(OH)–C–C–N with tert-alkyl or cyclic N) is 1. The first-order valence-electron chi connectivity index (χ1n) is 11.0. The van der Waals surface area contributed by atoms with Crippen LogP contribution in [0.4, 0.5) is 0 Å². The maximum Gasteiger partial charge on any atom is 0.0845 e. The predicted octanol–water partition coefficient (Wildman–Crippen LogP) is 4.89. The number of aromatic nitrogens is 2. The van der Waals surface area contributed by atoms with E-state index in [4.69, 9.17) is 0 Å². The molecule has 0 spiro atoms. The number of aliphatic hydroxyl groups excluding tert-OH is 1. The Balaban J connectivity index is 1.26. The molecular weight excluding hydrogens is 532 g/mol. The number of benzene rings is 2. The fraction of sp³-hybridized carbons (Fsp3) is 0.320. The summed E-state index contributed by atoms with van der Waals surface area (Å²) in [5, 5.41) is 13.4. The van der Waals surface area contributed by atoms with Gasteiger partial charge in [-0.15, -0.1) is 0 Å². The SMILES string of the molecule is OC(CN1CCN(Cc2cccnc2)CC1)Cn1c2ccc(Br)cc2c2cc(Br)ccc21. The Morgan fingerprint density at radius 1 is 0.844 bits per heavy atom. The van der Waals surface area contributed by atoms with Crippen molar-refractivity contribution >= 4 is 53.7 Å². The van der Waals surface area contributed by atoms with Gasteiger partial charge in [0.05, 0.1) is 12.6 Å². The van der Waals surface area contributed by atoms with Crippen molar-refractivity contribution < 1.29 is 5.11 Å². The molecule has 1 unspecified atom stereocenters. The van der Waals surface area contributed by atoms with Crippen molar-refractivity contribution in [3.8, 4) is 0 Å². The first-order chi connectivity index (χ1) is 15.6. The van der Waals surface area contributed by atoms with Gasteiger partial charge in [0.1, 0.15) is 0 Å². The zero-order valence-electron chi connectivity index (χ0n) is 17.8. The van der Waals surface area contributed by atoms with Crippen LogP contribution in [-0.2, 0) is 13.1 Å². The zero-order valence-corrected chi connectivity index (χ0v) is 21.0. The number of hydrogen-bond donors (Lipinski definition) is 1. The van der Waals surface area contributed by atoms with Crippen molar-refractivity contribution in [2.45, 2.75) is 19.2 Å². The van der Waals surface area contributed by atoms with Crippen LogP contribution in [0, 0.1) is 0 Å². The van der Waals surface area contributed by atoms with Gasteiger partial charge in [-0.2, -0.15) is 0 Å². The quantitative estimate of drug-likeness (QED) is 0.366. The molecule has 1 aliphatic heterocycles. The molecule has 7 heteroatoms. The van der Waals surface area contributed by atoms with Crippen molar-refractivity contribution in [1.29, 1.82) is 0 Å². The fourth-order valence-electron chi connectivity index (χ4n) is 4.69. The van der Waals surface area contributed by atoms with E-state index >= 15 is 0 Å². The van der Waals surface area contributed by atoms with Crippen LogP contribution in [0.5, 0.6) is 0 Å². The van der Waals surface area contributed by atoms with E-state index in [1.807, 2.05) is 18.5 Å². The molecule has 166 valence electrons. The first kappa shape index (κ1) is 22.0. The van der Waals surface area contributed by atoms with E-state index < -0.39 is 6.10 Å². The second-order valence-electron chi connectivity index (χ2n) is 8.53. The van der Waals surface area contributed by atoms with Gasteiger partial charge in [-0.3, -0.25) is 14.8 Å². The highest BCUT2D eigenvalue weighted by molar-refractivity contribution is 9.10. The summed E-state index contributed by atoms with van der Waals surface area (Å²) < 4.78 is 4.38. The van der Waals surface area contributed by atoms with Crippen LogP contribution in [0.2, 0.25) is 0 Å². The Morgan fingerprint density at radius 2 is 1.47 bits per heavy atom. The highest BCUT2D eigenvalue weighted by Gasteiger charge is 2.21. The van der Waals surface area contributed by atoms with Gasteiger partial charge in [-0.05, 0) is 48.0 Å². The van der Waals surface area contributed by atoms with E-state index in [-0.39, 0.29) is 0 Å². The van der Waals surface area contributed by atoms with E-state index in [9.17, 15) is 5.11 Å². The summed E-state index contributed by atoms with van der Waals surface area (Å²) in [6.07, 6.45) is 3.34. The maximum atomic E-state index is 11.0. The number of fused-ring (bicyclic) bond motifs is 3. The summed E-state index contributed by atoms with van der Waals surface area (Å²) >= 11 is 7.21. The van der Waals surface area contributed by atoms with E-state index in [1.165, 1.54) is 16.3 Å². The van der Waals surface area contributed by atoms with E-state index in [1.54, 1.807) is 0 Å². The average molecular weight is 558 g/mol. The Labute approximate surface area is 204 Å². The molecule has 1 aliphatic rings. The molecule has 4 aromatic rings. The Bertz CT molecular complexity index is 1160. The lowest BCUT2D eigenvalue weighted by atomic mass is 10.2. The highest BCUT2D eigenvalue weighted by Crippen LogP contribution is 2.33. The van der Waals surface area contributed by atoms with E-state index in [0.717, 1.165) is 52.7 Å². The summed E-state index contributed by atoms with van der Waals surface area (Å²) in [6.45, 7) is 6.19. The molecule has 1 atom stereocenters. The van der Waals surface area contributed by atoms with Crippen molar-refractivity contribution in [3.05, 3.63) is 75.4 Å². The molecule has 5 rings (SSSR count). The Kier molecular flexibility index (Phi) is 6.62. The van der Waals surface area contributed by atoms with E-state index in [0.29, 0.717) is 13.1 Å². The monoisotopic (exact) mass is 556 g/mol. The third-order valence-electron chi connectivity index (χ3n) is 6.25. The van der Waals surface area contributed by atoms with Crippen LogP contribution >= 0.6 is 31.9 Å². The molecule has 0 amide bonds. The van der Waals surface area contributed by atoms with Gasteiger partial charge in [0.2, 0.25) is 0 Å². The van der Waals surface area contributed by atoms with Crippen molar-refractivity contribution in [2.75, 3.05) is 32.7 Å². The smallest absolute Gasteiger partial charge is 0.0845 e. The largest absolute Gasteiger partial charge is 0.390 e. The number of rotatable bonds is 6. The molecule has 1 saturated heterocycles. The lowest BCUT2D eigenvalue weighted by molar-refractivity contribution is 0.0633. The first-order valence-corrected chi connectivity index (χ1v) is 12.5. The molecule has 0 aliphatic carbocycles. The van der Waals surface area contributed by atoms with Gasteiger partial charge in [0.25, 0.3) is 0 Å². The molecule has 0 bridgehead atoms. The molecule has 2 aromatic heterocycles. The standard InChI is InChI=1S/C25H26Br2N4O/c26-19-3-5-24-22(12-19)23-13-20(27)4-6-25(23)31(24)17-21(32)16-30-10-8-29(9-11-30)15-18-2-1-7-28-14-18/h1-7,12-14,21,32H,8-11,15-17H2. The number of piperazine rings is 1. The summed E-state index contributed by atoms with van der Waals surface area (Å²) in [7, 11) is 0. The molecule has 32 heavy (non-hydrogen) atoms. The highest BCUT2D eigenvalue weighted by atomic mass is 79.9. The summed E-state index contributed by atoms with van der Waals surface area (Å²) in [5.41, 5.74) is 3.56. The van der Waals surface area contributed by atoms with Crippen LogP contribution in [-0.4, -0.2) is 63.3 Å². The molecule has 0 radical (unpaired) electrons. The molecule has 3 heterocycles. The number of halogens is 2. The predicted molar refractivity (Wildman–Crippen MR) is 137 cm³/mol. The molecule has 2 aromatic carbocycles. The van der Waals surface area contributed by atoms with Crippen molar-refractivity contribution in [3.63, 3.8) is 0 Å². The number of hydrogen-bond acceptors (Lipinski definition) is 4. The topological polar surface area (TPSA) is 44.5 Å².